The lowest BCUT2D eigenvalue weighted by Crippen LogP contribution is -2.48. The van der Waals surface area contributed by atoms with E-state index >= 15 is 0 Å². The topological polar surface area (TPSA) is 48.1 Å². The molecule has 1 saturated heterocycles. The standard InChI is InChI=1S/C37H39Cl3N4O2/c1-37(2,3)43-18-16-25(17-19-43)41-26-20-29(28-8-5-6-9-31(28)38)30-23-42(22-24-12-14-27(46-4)15-13-24)36(45)44(34(30)21-26)35-32(39)10-7-11-33(35)40/h5-15,20-21,25,41H,16-19,22-23H2,1-4H3. The van der Waals surface area contributed by atoms with Crippen LogP contribution in [0.3, 0.4) is 0 Å². The number of piperidine rings is 1. The highest BCUT2D eigenvalue weighted by atomic mass is 35.5. The number of urea groups is 1. The number of nitrogens with one attached hydrogen (secondary N) is 1. The smallest absolute Gasteiger partial charge is 0.329 e. The maximum Gasteiger partial charge on any atom is 0.329 e. The molecule has 0 saturated carbocycles. The third-order valence-corrected chi connectivity index (χ3v) is 9.89. The van der Waals surface area contributed by atoms with Gasteiger partial charge in [0.05, 0.1) is 35.1 Å². The molecule has 0 bridgehead atoms. The second-order valence-electron chi connectivity index (χ2n) is 13.0. The number of carbonyl (C=O) groups is 1. The van der Waals surface area contributed by atoms with Crippen molar-refractivity contribution in [3.63, 3.8) is 0 Å². The van der Waals surface area contributed by atoms with Crippen LogP contribution >= 0.6 is 34.8 Å². The van der Waals surface area contributed by atoms with Crippen molar-refractivity contribution in [3.05, 3.63) is 105 Å². The summed E-state index contributed by atoms with van der Waals surface area (Å²) in [6, 6.07) is 25.2. The van der Waals surface area contributed by atoms with Crippen molar-refractivity contribution in [3.8, 4) is 16.9 Å². The summed E-state index contributed by atoms with van der Waals surface area (Å²) in [6.07, 6.45) is 2.04. The number of rotatable bonds is 7. The minimum absolute atomic E-state index is 0.140. The number of amides is 2. The zero-order valence-electron chi connectivity index (χ0n) is 26.6. The number of hydrogen-bond acceptors (Lipinski definition) is 4. The maximum absolute atomic E-state index is 14.5. The summed E-state index contributed by atoms with van der Waals surface area (Å²) in [6.45, 7) is 9.60. The fraction of sp³-hybridized carbons (Fsp3) is 0.324. The number of ether oxygens (including phenoxy) is 1. The highest BCUT2D eigenvalue weighted by Gasteiger charge is 2.36. The number of benzene rings is 4. The van der Waals surface area contributed by atoms with Crippen LogP contribution in [0.5, 0.6) is 5.75 Å². The van der Waals surface area contributed by atoms with Gasteiger partial charge in [0, 0.05) is 53.1 Å². The number of para-hydroxylation sites is 1. The van der Waals surface area contributed by atoms with Crippen molar-refractivity contribution in [2.24, 2.45) is 0 Å². The van der Waals surface area contributed by atoms with Gasteiger partial charge >= 0.3 is 6.03 Å². The Balaban J connectivity index is 1.47. The fourth-order valence-electron chi connectivity index (χ4n) is 6.45. The third kappa shape index (κ3) is 6.68. The van der Waals surface area contributed by atoms with Gasteiger partial charge in [-0.25, -0.2) is 4.79 Å². The first-order valence-electron chi connectivity index (χ1n) is 15.6. The van der Waals surface area contributed by atoms with E-state index in [4.69, 9.17) is 39.5 Å². The summed E-state index contributed by atoms with van der Waals surface area (Å²) in [5, 5.41) is 5.24. The van der Waals surface area contributed by atoms with Gasteiger partial charge in [-0.1, -0.05) is 71.2 Å². The molecule has 0 radical (unpaired) electrons. The first-order chi connectivity index (χ1) is 22.0. The van der Waals surface area contributed by atoms with Gasteiger partial charge in [-0.2, -0.15) is 0 Å². The quantitative estimate of drug-likeness (QED) is 0.212. The van der Waals surface area contributed by atoms with E-state index in [0.717, 1.165) is 65.3 Å². The average molecular weight is 678 g/mol. The first kappa shape index (κ1) is 32.5. The number of methoxy groups -OCH3 is 1. The zero-order chi connectivity index (χ0) is 32.6. The Morgan fingerprint density at radius 2 is 1.50 bits per heavy atom. The molecule has 4 aromatic rings. The van der Waals surface area contributed by atoms with Gasteiger partial charge in [0.25, 0.3) is 0 Å². The minimum Gasteiger partial charge on any atom is -0.497 e. The molecule has 2 amide bonds. The lowest BCUT2D eigenvalue weighted by Gasteiger charge is -2.41. The molecule has 2 aliphatic rings. The average Bonchev–Trinajstić information content (AvgIpc) is 3.03. The van der Waals surface area contributed by atoms with E-state index in [9.17, 15) is 4.79 Å². The molecule has 2 aliphatic heterocycles. The molecule has 1 fully saturated rings. The van der Waals surface area contributed by atoms with E-state index in [1.807, 2.05) is 53.4 Å². The van der Waals surface area contributed by atoms with Crippen molar-refractivity contribution in [1.82, 2.24) is 9.80 Å². The third-order valence-electron chi connectivity index (χ3n) is 8.95. The molecular weight excluding hydrogens is 639 g/mol. The van der Waals surface area contributed by atoms with E-state index in [2.05, 4.69) is 43.1 Å². The van der Waals surface area contributed by atoms with Gasteiger partial charge in [-0.05, 0) is 87.2 Å². The van der Waals surface area contributed by atoms with Gasteiger partial charge in [0.1, 0.15) is 5.75 Å². The van der Waals surface area contributed by atoms with Crippen LogP contribution < -0.4 is 15.0 Å². The molecule has 9 heteroatoms. The van der Waals surface area contributed by atoms with Crippen molar-refractivity contribution in [1.29, 1.82) is 0 Å². The summed E-state index contributed by atoms with van der Waals surface area (Å²) in [5.74, 6) is 0.758. The summed E-state index contributed by atoms with van der Waals surface area (Å²) in [7, 11) is 1.64. The second kappa shape index (κ2) is 13.4. The monoisotopic (exact) mass is 676 g/mol. The molecule has 6 rings (SSSR count). The summed E-state index contributed by atoms with van der Waals surface area (Å²) < 4.78 is 5.35. The SMILES string of the molecule is COc1ccc(CN2Cc3c(-c4ccccc4Cl)cc(NC4CCN(C(C)(C)C)CC4)cc3N(c3c(Cl)cccc3Cl)C2=O)cc1. The highest BCUT2D eigenvalue weighted by molar-refractivity contribution is 6.40. The normalized spacial score (nSPS) is 16.0. The molecule has 4 aromatic carbocycles. The van der Waals surface area contributed by atoms with Crippen LogP contribution in [-0.2, 0) is 13.1 Å². The molecule has 0 aromatic heterocycles. The lowest BCUT2D eigenvalue weighted by atomic mass is 9.93. The van der Waals surface area contributed by atoms with E-state index in [1.54, 1.807) is 30.2 Å². The Morgan fingerprint density at radius 1 is 0.848 bits per heavy atom. The van der Waals surface area contributed by atoms with Gasteiger partial charge in [-0.15, -0.1) is 0 Å². The van der Waals surface area contributed by atoms with E-state index in [0.29, 0.717) is 39.9 Å². The highest BCUT2D eigenvalue weighted by Crippen LogP contribution is 2.47. The molecule has 0 unspecified atom stereocenters. The summed E-state index contributed by atoms with van der Waals surface area (Å²) in [4.78, 5) is 20.5. The molecule has 6 nitrogen and oxygen atoms in total. The number of anilines is 3. The van der Waals surface area contributed by atoms with Crippen molar-refractivity contribution < 1.29 is 9.53 Å². The Morgan fingerprint density at radius 3 is 2.13 bits per heavy atom. The molecule has 1 N–H and O–H groups in total. The Hall–Kier alpha value is -3.42. The predicted octanol–water partition coefficient (Wildman–Crippen LogP) is 10.3. The maximum atomic E-state index is 14.5. The number of fused-ring (bicyclic) bond motifs is 1. The summed E-state index contributed by atoms with van der Waals surface area (Å²) in [5.41, 5.74) is 6.05. The van der Waals surface area contributed by atoms with Gasteiger partial charge in [0.15, 0.2) is 0 Å². The van der Waals surface area contributed by atoms with Crippen LogP contribution in [0.4, 0.5) is 21.9 Å². The van der Waals surface area contributed by atoms with Crippen molar-refractivity contribution in [2.45, 2.75) is 58.3 Å². The van der Waals surface area contributed by atoms with Gasteiger partial charge in [-0.3, -0.25) is 9.80 Å². The summed E-state index contributed by atoms with van der Waals surface area (Å²) >= 11 is 20.5. The molecular formula is C37H39Cl3N4O2. The van der Waals surface area contributed by atoms with E-state index < -0.39 is 0 Å². The number of hydrogen-bond donors (Lipinski definition) is 1. The molecule has 240 valence electrons. The van der Waals surface area contributed by atoms with Crippen LogP contribution in [-0.4, -0.2) is 47.6 Å². The van der Waals surface area contributed by atoms with Crippen LogP contribution in [0.15, 0.2) is 78.9 Å². The number of carbonyl (C=O) groups excluding carboxylic acids is 1. The zero-order valence-corrected chi connectivity index (χ0v) is 28.9. The van der Waals surface area contributed by atoms with Crippen LogP contribution in [0.1, 0.15) is 44.7 Å². The predicted molar refractivity (Wildman–Crippen MR) is 191 cm³/mol. The Kier molecular flexibility index (Phi) is 9.45. The Labute approximate surface area is 286 Å². The number of likely N-dealkylation sites (tertiary alicyclic amines) is 1. The van der Waals surface area contributed by atoms with Crippen molar-refractivity contribution >= 4 is 57.9 Å². The Bertz CT molecular complexity index is 1710. The van der Waals surface area contributed by atoms with Crippen LogP contribution in [0.2, 0.25) is 15.1 Å². The molecule has 0 atom stereocenters. The van der Waals surface area contributed by atoms with E-state index in [-0.39, 0.29) is 11.6 Å². The van der Waals surface area contributed by atoms with Gasteiger partial charge < -0.3 is 15.0 Å². The second-order valence-corrected chi connectivity index (χ2v) is 14.2. The molecule has 0 spiro atoms. The lowest BCUT2D eigenvalue weighted by molar-refractivity contribution is 0.106. The first-order valence-corrected chi connectivity index (χ1v) is 16.8. The largest absolute Gasteiger partial charge is 0.497 e. The van der Waals surface area contributed by atoms with E-state index in [1.165, 1.54) is 0 Å². The van der Waals surface area contributed by atoms with Crippen LogP contribution in [0, 0.1) is 0 Å². The minimum atomic E-state index is -0.209. The number of halogens is 3. The molecule has 2 heterocycles. The molecule has 0 aliphatic carbocycles. The van der Waals surface area contributed by atoms with Crippen molar-refractivity contribution in [2.75, 3.05) is 30.4 Å². The number of nitrogens with zero attached hydrogens (tertiary/aromatic N) is 3. The molecule has 46 heavy (non-hydrogen) atoms. The van der Waals surface area contributed by atoms with Crippen LogP contribution in [0.25, 0.3) is 11.1 Å². The van der Waals surface area contributed by atoms with Gasteiger partial charge in [0.2, 0.25) is 0 Å². The fourth-order valence-corrected chi connectivity index (χ4v) is 7.26.